The summed E-state index contributed by atoms with van der Waals surface area (Å²) in [5.41, 5.74) is 0. The molecule has 1 N–H and O–H groups in total. The number of hydrogen-bond donors (Lipinski definition) is 1. The molecule has 13 heavy (non-hydrogen) atoms. The van der Waals surface area contributed by atoms with Crippen molar-refractivity contribution >= 4 is 0 Å². The predicted molar refractivity (Wildman–Crippen MR) is 44.9 cm³/mol. The molecule has 0 amide bonds. The Balaban J connectivity index is 2.08. The zero-order valence-electron chi connectivity index (χ0n) is 7.86. The molecule has 4 nitrogen and oxygen atoms in total. The van der Waals surface area contributed by atoms with Crippen molar-refractivity contribution in [1.29, 1.82) is 0 Å². The number of aliphatic hydroxyl groups excluding tert-OH is 1. The summed E-state index contributed by atoms with van der Waals surface area (Å²) in [5, 5.41) is 9.15. The van der Waals surface area contributed by atoms with E-state index in [9.17, 15) is 0 Å². The molecular formula is C9H16O4. The average molecular weight is 188 g/mol. The van der Waals surface area contributed by atoms with Crippen molar-refractivity contribution in [3.05, 3.63) is 0 Å². The van der Waals surface area contributed by atoms with Crippen molar-refractivity contribution in [2.24, 2.45) is 11.8 Å². The van der Waals surface area contributed by atoms with Gasteiger partial charge in [0.15, 0.2) is 0 Å². The number of aliphatic hydroxyl groups is 1. The van der Waals surface area contributed by atoms with Gasteiger partial charge in [-0.1, -0.05) is 6.92 Å². The Morgan fingerprint density at radius 2 is 1.85 bits per heavy atom. The van der Waals surface area contributed by atoms with Crippen molar-refractivity contribution in [2.45, 2.75) is 19.3 Å². The largest absolute Gasteiger partial charge is 0.396 e. The minimum absolute atomic E-state index is 0.0428. The standard InChI is InChI=1S/C9H16O4/c1-2-8(3-10)9-11-4-7(5-12-9)6-13-9/h7-8,10H,2-6H2,1H3. The van der Waals surface area contributed by atoms with E-state index in [-0.39, 0.29) is 12.5 Å². The Hall–Kier alpha value is -0.160. The molecule has 3 heterocycles. The van der Waals surface area contributed by atoms with E-state index >= 15 is 0 Å². The minimum Gasteiger partial charge on any atom is -0.396 e. The first kappa shape index (κ1) is 9.40. The summed E-state index contributed by atoms with van der Waals surface area (Å²) in [7, 11) is 0. The second-order valence-corrected chi connectivity index (χ2v) is 3.69. The first-order valence-corrected chi connectivity index (χ1v) is 4.83. The molecule has 0 radical (unpaired) electrons. The van der Waals surface area contributed by atoms with Crippen molar-refractivity contribution in [1.82, 2.24) is 0 Å². The van der Waals surface area contributed by atoms with Gasteiger partial charge in [-0.15, -0.1) is 0 Å². The summed E-state index contributed by atoms with van der Waals surface area (Å²) in [5.74, 6) is -0.648. The third kappa shape index (κ3) is 1.48. The van der Waals surface area contributed by atoms with E-state index < -0.39 is 5.97 Å². The molecule has 3 rings (SSSR count). The predicted octanol–water partition coefficient (Wildman–Crippen LogP) is 0.352. The molecule has 3 aliphatic heterocycles. The van der Waals surface area contributed by atoms with E-state index in [0.717, 1.165) is 6.42 Å². The lowest BCUT2D eigenvalue weighted by Crippen LogP contribution is -2.58. The first-order chi connectivity index (χ1) is 6.30. The highest BCUT2D eigenvalue weighted by Crippen LogP contribution is 2.37. The minimum atomic E-state index is -0.946. The van der Waals surface area contributed by atoms with Crippen LogP contribution in [0.3, 0.4) is 0 Å². The molecule has 0 aromatic rings. The number of hydrogen-bond acceptors (Lipinski definition) is 4. The van der Waals surface area contributed by atoms with Crippen LogP contribution < -0.4 is 0 Å². The molecule has 3 saturated heterocycles. The lowest BCUT2D eigenvalue weighted by Gasteiger charge is -2.48. The van der Waals surface area contributed by atoms with E-state index in [4.69, 9.17) is 19.3 Å². The van der Waals surface area contributed by atoms with Gasteiger partial charge in [0.2, 0.25) is 0 Å². The van der Waals surface area contributed by atoms with Gasteiger partial charge >= 0.3 is 0 Å². The fourth-order valence-electron chi connectivity index (χ4n) is 1.82. The maximum atomic E-state index is 9.15. The summed E-state index contributed by atoms with van der Waals surface area (Å²) < 4.78 is 16.5. The van der Waals surface area contributed by atoms with Crippen LogP contribution in [0.15, 0.2) is 0 Å². The molecule has 76 valence electrons. The van der Waals surface area contributed by atoms with Crippen LogP contribution in [0, 0.1) is 11.8 Å². The van der Waals surface area contributed by atoms with E-state index in [1.807, 2.05) is 6.92 Å². The van der Waals surface area contributed by atoms with Crippen LogP contribution in [0.5, 0.6) is 0 Å². The zero-order chi connectivity index (χ0) is 9.31. The Bertz CT molecular complexity index is 157. The van der Waals surface area contributed by atoms with Crippen LogP contribution in [-0.2, 0) is 14.2 Å². The van der Waals surface area contributed by atoms with Gasteiger partial charge in [0.05, 0.1) is 32.3 Å². The molecule has 0 spiro atoms. The molecule has 0 aromatic carbocycles. The fraction of sp³-hybridized carbons (Fsp3) is 1.00. The van der Waals surface area contributed by atoms with Crippen LogP contribution in [0.2, 0.25) is 0 Å². The molecule has 1 unspecified atom stereocenters. The van der Waals surface area contributed by atoms with E-state index in [1.54, 1.807) is 0 Å². The molecule has 2 bridgehead atoms. The van der Waals surface area contributed by atoms with Gasteiger partial charge in [0.1, 0.15) is 0 Å². The molecule has 1 atom stereocenters. The van der Waals surface area contributed by atoms with Crippen LogP contribution >= 0.6 is 0 Å². The quantitative estimate of drug-likeness (QED) is 0.694. The molecule has 0 aliphatic carbocycles. The van der Waals surface area contributed by atoms with Crippen molar-refractivity contribution in [3.63, 3.8) is 0 Å². The molecule has 3 aliphatic rings. The summed E-state index contributed by atoms with van der Waals surface area (Å²) >= 11 is 0. The molecule has 0 saturated carbocycles. The van der Waals surface area contributed by atoms with Gasteiger partial charge in [-0.3, -0.25) is 0 Å². The molecule has 3 fully saturated rings. The van der Waals surface area contributed by atoms with E-state index in [0.29, 0.717) is 25.7 Å². The Labute approximate surface area is 77.8 Å². The molecule has 0 aromatic heterocycles. The number of ether oxygens (including phenoxy) is 3. The van der Waals surface area contributed by atoms with Gasteiger partial charge in [0.25, 0.3) is 5.97 Å². The summed E-state index contributed by atoms with van der Waals surface area (Å²) in [6.45, 7) is 4.11. The van der Waals surface area contributed by atoms with Gasteiger partial charge in [0, 0.05) is 5.92 Å². The summed E-state index contributed by atoms with van der Waals surface area (Å²) in [4.78, 5) is 0. The van der Waals surface area contributed by atoms with E-state index in [1.165, 1.54) is 0 Å². The van der Waals surface area contributed by atoms with Crippen LogP contribution in [0.1, 0.15) is 13.3 Å². The molecule has 4 heteroatoms. The van der Waals surface area contributed by atoms with Crippen molar-refractivity contribution in [3.8, 4) is 0 Å². The highest BCUT2D eigenvalue weighted by atomic mass is 16.9. The van der Waals surface area contributed by atoms with Crippen molar-refractivity contribution in [2.75, 3.05) is 26.4 Å². The number of fused-ring (bicyclic) bond motifs is 3. The van der Waals surface area contributed by atoms with Crippen LogP contribution in [-0.4, -0.2) is 37.5 Å². The Morgan fingerprint density at radius 3 is 2.23 bits per heavy atom. The highest BCUT2D eigenvalue weighted by Gasteiger charge is 2.49. The highest BCUT2D eigenvalue weighted by molar-refractivity contribution is 4.79. The normalized spacial score (nSPS) is 40.6. The fourth-order valence-corrected chi connectivity index (χ4v) is 1.82. The maximum Gasteiger partial charge on any atom is 0.288 e. The monoisotopic (exact) mass is 188 g/mol. The molecular weight excluding hydrogens is 172 g/mol. The topological polar surface area (TPSA) is 47.9 Å². The van der Waals surface area contributed by atoms with Crippen LogP contribution in [0.25, 0.3) is 0 Å². The third-order valence-corrected chi connectivity index (χ3v) is 2.77. The number of rotatable bonds is 3. The smallest absolute Gasteiger partial charge is 0.288 e. The Kier molecular flexibility index (Phi) is 2.55. The third-order valence-electron chi connectivity index (χ3n) is 2.77. The average Bonchev–Trinajstić information content (AvgIpc) is 2.22. The van der Waals surface area contributed by atoms with E-state index in [2.05, 4.69) is 0 Å². The SMILES string of the molecule is CCC(CO)C12OCC(CO1)CO2. The van der Waals surface area contributed by atoms with Gasteiger partial charge in [-0.05, 0) is 6.42 Å². The lowest BCUT2D eigenvalue weighted by molar-refractivity contribution is -0.469. The van der Waals surface area contributed by atoms with Gasteiger partial charge in [-0.2, -0.15) is 0 Å². The van der Waals surface area contributed by atoms with Crippen LogP contribution in [0.4, 0.5) is 0 Å². The first-order valence-electron chi connectivity index (χ1n) is 4.83. The van der Waals surface area contributed by atoms with Crippen molar-refractivity contribution < 1.29 is 19.3 Å². The zero-order valence-corrected chi connectivity index (χ0v) is 7.86. The Morgan fingerprint density at radius 1 is 1.31 bits per heavy atom. The summed E-state index contributed by atoms with van der Waals surface area (Å²) in [6.07, 6.45) is 0.793. The van der Waals surface area contributed by atoms with Gasteiger partial charge in [-0.25, -0.2) is 0 Å². The lowest BCUT2D eigenvalue weighted by atomic mass is 10.0. The van der Waals surface area contributed by atoms with Gasteiger partial charge < -0.3 is 19.3 Å². The second kappa shape index (κ2) is 3.53. The summed E-state index contributed by atoms with van der Waals surface area (Å²) in [6, 6.07) is 0. The maximum absolute atomic E-state index is 9.15. The second-order valence-electron chi connectivity index (χ2n) is 3.69.